The smallest absolute Gasteiger partial charge is 0.267 e. The van der Waals surface area contributed by atoms with Crippen LogP contribution in [-0.2, 0) is 14.4 Å². The van der Waals surface area contributed by atoms with Crippen molar-refractivity contribution in [3.8, 4) is 17.2 Å². The molecule has 202 valence electrons. The SMILES string of the molecule is COc1cc(/C=C2\S/C(=N\c3ccccc3)N([C@@H](CCCN)C(=O)N[C@H](C=O)CN)C2=O)cc(OC)c1O. The van der Waals surface area contributed by atoms with Gasteiger partial charge in [-0.1, -0.05) is 18.2 Å². The molecule has 2 amide bonds. The van der Waals surface area contributed by atoms with Crippen LogP contribution in [0.3, 0.4) is 0 Å². The molecule has 1 saturated heterocycles. The summed E-state index contributed by atoms with van der Waals surface area (Å²) >= 11 is 1.10. The number of hydrogen-bond donors (Lipinski definition) is 4. The van der Waals surface area contributed by atoms with Crippen molar-refractivity contribution in [1.29, 1.82) is 0 Å². The minimum atomic E-state index is -0.982. The van der Waals surface area contributed by atoms with Crippen LogP contribution < -0.4 is 26.3 Å². The monoisotopic (exact) mass is 541 g/mol. The average Bonchev–Trinajstić information content (AvgIpc) is 3.22. The van der Waals surface area contributed by atoms with Crippen LogP contribution in [0.2, 0.25) is 0 Å². The summed E-state index contributed by atoms with van der Waals surface area (Å²) in [5.41, 5.74) is 12.4. The van der Waals surface area contributed by atoms with Crippen LogP contribution in [-0.4, -0.2) is 72.7 Å². The van der Waals surface area contributed by atoms with Crippen LogP contribution in [0.15, 0.2) is 52.4 Å². The van der Waals surface area contributed by atoms with Gasteiger partial charge in [-0.25, -0.2) is 4.99 Å². The largest absolute Gasteiger partial charge is 0.502 e. The lowest BCUT2D eigenvalue weighted by Gasteiger charge is -2.27. The minimum Gasteiger partial charge on any atom is -0.502 e. The fraction of sp³-hybridized carbons (Fsp3) is 0.308. The van der Waals surface area contributed by atoms with Gasteiger partial charge in [0.25, 0.3) is 5.91 Å². The van der Waals surface area contributed by atoms with Crippen LogP contribution in [0, 0.1) is 0 Å². The predicted molar refractivity (Wildman–Crippen MR) is 146 cm³/mol. The molecular weight excluding hydrogens is 510 g/mol. The summed E-state index contributed by atoms with van der Waals surface area (Å²) in [5.74, 6) is -0.820. The molecule has 2 aromatic rings. The predicted octanol–water partition coefficient (Wildman–Crippen LogP) is 1.76. The number of phenolic OH excluding ortho intramolecular Hbond substituents is 1. The number of para-hydroxylation sites is 1. The van der Waals surface area contributed by atoms with Gasteiger partial charge in [-0.2, -0.15) is 0 Å². The van der Waals surface area contributed by atoms with Crippen molar-refractivity contribution >= 4 is 46.8 Å². The highest BCUT2D eigenvalue weighted by atomic mass is 32.2. The van der Waals surface area contributed by atoms with E-state index in [4.69, 9.17) is 20.9 Å². The number of hydrogen-bond acceptors (Lipinski definition) is 10. The number of benzene rings is 2. The van der Waals surface area contributed by atoms with E-state index in [1.54, 1.807) is 30.3 Å². The maximum atomic E-state index is 13.8. The van der Waals surface area contributed by atoms with E-state index < -0.39 is 23.9 Å². The zero-order chi connectivity index (χ0) is 27.7. The number of nitrogens with one attached hydrogen (secondary N) is 1. The van der Waals surface area contributed by atoms with Gasteiger partial charge in [-0.3, -0.25) is 14.5 Å². The molecule has 0 unspecified atom stereocenters. The second-order valence-corrected chi connectivity index (χ2v) is 9.23. The topological polar surface area (TPSA) is 170 Å². The number of aldehydes is 1. The number of aliphatic imine (C=N–C) groups is 1. The summed E-state index contributed by atoms with van der Waals surface area (Å²) < 4.78 is 10.4. The van der Waals surface area contributed by atoms with Crippen LogP contribution in [0.25, 0.3) is 6.08 Å². The van der Waals surface area contributed by atoms with Gasteiger partial charge in [0, 0.05) is 6.54 Å². The lowest BCUT2D eigenvalue weighted by Crippen LogP contribution is -2.53. The van der Waals surface area contributed by atoms with Crippen molar-refractivity contribution in [2.45, 2.75) is 24.9 Å². The van der Waals surface area contributed by atoms with Gasteiger partial charge >= 0.3 is 0 Å². The molecule has 3 rings (SSSR count). The van der Waals surface area contributed by atoms with Gasteiger partial charge in [-0.15, -0.1) is 0 Å². The lowest BCUT2D eigenvalue weighted by atomic mass is 10.1. The highest BCUT2D eigenvalue weighted by molar-refractivity contribution is 8.18. The zero-order valence-corrected chi connectivity index (χ0v) is 21.9. The van der Waals surface area contributed by atoms with Gasteiger partial charge in [0.15, 0.2) is 16.7 Å². The molecule has 0 radical (unpaired) electrons. The molecule has 12 heteroatoms. The third-order valence-corrected chi connectivity index (χ3v) is 6.64. The Morgan fingerprint density at radius 2 is 1.84 bits per heavy atom. The summed E-state index contributed by atoms with van der Waals surface area (Å²) in [5, 5.41) is 13.1. The standard InChI is InChI=1S/C26H31N5O6S/c1-36-20-11-16(12-21(37-2)23(20)33)13-22-25(35)31(26(38-22)30-17-7-4-3-5-8-17)19(9-6-10-27)24(34)29-18(14-28)15-32/h3-5,7-8,11-13,15,18-19,33H,6,9-10,14,27-28H2,1-2H3,(H,29,34)/b22-13-,30-26-/t18-,19-/m0/s1. The Morgan fingerprint density at radius 3 is 2.39 bits per heavy atom. The number of phenols is 1. The number of nitrogens with two attached hydrogens (primary N) is 2. The zero-order valence-electron chi connectivity index (χ0n) is 21.1. The van der Waals surface area contributed by atoms with E-state index in [1.165, 1.54) is 19.1 Å². The fourth-order valence-corrected chi connectivity index (χ4v) is 4.75. The highest BCUT2D eigenvalue weighted by Gasteiger charge is 2.41. The number of rotatable bonds is 12. The lowest BCUT2D eigenvalue weighted by molar-refractivity contribution is -0.134. The Labute approximate surface area is 224 Å². The van der Waals surface area contributed by atoms with Crippen LogP contribution >= 0.6 is 11.8 Å². The molecule has 0 aromatic heterocycles. The molecule has 1 aliphatic heterocycles. The second kappa shape index (κ2) is 13.6. The maximum absolute atomic E-state index is 13.8. The maximum Gasteiger partial charge on any atom is 0.267 e. The Bertz CT molecular complexity index is 1190. The summed E-state index contributed by atoms with van der Waals surface area (Å²) in [7, 11) is 2.81. The number of carbonyl (C=O) groups excluding carboxylic acids is 3. The van der Waals surface area contributed by atoms with Gasteiger partial charge in [-0.05, 0) is 67.1 Å². The number of nitrogens with zero attached hydrogens (tertiary/aromatic N) is 2. The molecule has 1 aliphatic rings. The van der Waals surface area contributed by atoms with Crippen molar-refractivity contribution in [3.63, 3.8) is 0 Å². The second-order valence-electron chi connectivity index (χ2n) is 8.22. The first-order valence-corrected chi connectivity index (χ1v) is 12.7. The summed E-state index contributed by atoms with van der Waals surface area (Å²) in [4.78, 5) is 44.6. The van der Waals surface area contributed by atoms with E-state index in [0.717, 1.165) is 11.8 Å². The van der Waals surface area contributed by atoms with E-state index in [2.05, 4.69) is 10.3 Å². The van der Waals surface area contributed by atoms with Crippen LogP contribution in [0.4, 0.5) is 5.69 Å². The number of methoxy groups -OCH3 is 2. The average molecular weight is 542 g/mol. The minimum absolute atomic E-state index is 0.0812. The Morgan fingerprint density at radius 1 is 1.18 bits per heavy atom. The molecule has 2 atom stereocenters. The molecule has 0 spiro atoms. The van der Waals surface area contributed by atoms with Crippen molar-refractivity contribution in [2.24, 2.45) is 16.5 Å². The Hall–Kier alpha value is -3.87. The van der Waals surface area contributed by atoms with Crippen molar-refractivity contribution < 1.29 is 29.0 Å². The summed E-state index contributed by atoms with van der Waals surface area (Å²) in [6.07, 6.45) is 2.84. The van der Waals surface area contributed by atoms with Gasteiger partial charge in [0.1, 0.15) is 12.3 Å². The normalized spacial score (nSPS) is 16.9. The first kappa shape index (κ1) is 28.7. The van der Waals surface area contributed by atoms with Crippen molar-refractivity contribution in [1.82, 2.24) is 10.2 Å². The molecule has 11 nitrogen and oxygen atoms in total. The first-order chi connectivity index (χ1) is 18.4. The van der Waals surface area contributed by atoms with Crippen LogP contribution in [0.5, 0.6) is 17.2 Å². The van der Waals surface area contributed by atoms with Crippen molar-refractivity contribution in [3.05, 3.63) is 52.9 Å². The molecule has 38 heavy (non-hydrogen) atoms. The molecule has 1 heterocycles. The molecule has 1 fully saturated rings. The summed E-state index contributed by atoms with van der Waals surface area (Å²) in [6.45, 7) is 0.218. The number of amides is 2. The van der Waals surface area contributed by atoms with E-state index in [9.17, 15) is 19.5 Å². The quantitative estimate of drug-likeness (QED) is 0.231. The van der Waals surface area contributed by atoms with Crippen LogP contribution in [0.1, 0.15) is 18.4 Å². The van der Waals surface area contributed by atoms with Gasteiger partial charge in [0.2, 0.25) is 11.7 Å². The van der Waals surface area contributed by atoms with E-state index in [0.29, 0.717) is 30.5 Å². The molecule has 2 aromatic carbocycles. The van der Waals surface area contributed by atoms with E-state index in [1.807, 2.05) is 18.2 Å². The third-order valence-electron chi connectivity index (χ3n) is 5.66. The number of ether oxygens (including phenoxy) is 2. The first-order valence-electron chi connectivity index (χ1n) is 11.8. The number of carbonyl (C=O) groups is 3. The van der Waals surface area contributed by atoms with Crippen molar-refractivity contribution in [2.75, 3.05) is 27.3 Å². The number of thioether (sulfide) groups is 1. The summed E-state index contributed by atoms with van der Waals surface area (Å²) in [6, 6.07) is 10.3. The molecule has 0 bridgehead atoms. The van der Waals surface area contributed by atoms with Gasteiger partial charge in [0.05, 0.1) is 30.9 Å². The number of aromatic hydroxyl groups is 1. The Balaban J connectivity index is 2.09. The molecule has 0 aliphatic carbocycles. The fourth-order valence-electron chi connectivity index (χ4n) is 3.72. The Kier molecular flexibility index (Phi) is 10.3. The molecule has 0 saturated carbocycles. The number of amidine groups is 1. The molecular formula is C26H31N5O6S. The molecule has 6 N–H and O–H groups in total. The van der Waals surface area contributed by atoms with Gasteiger partial charge < -0.3 is 36.2 Å². The highest BCUT2D eigenvalue weighted by Crippen LogP contribution is 2.40. The van der Waals surface area contributed by atoms with E-state index >= 15 is 0 Å². The third kappa shape index (κ3) is 6.71. The van der Waals surface area contributed by atoms with E-state index in [-0.39, 0.29) is 40.3 Å².